The molecule has 7 nitrogen and oxygen atoms in total. The lowest BCUT2D eigenvalue weighted by Crippen LogP contribution is -2.13. The van der Waals surface area contributed by atoms with Crippen LogP contribution in [0.1, 0.15) is 10.4 Å². The van der Waals surface area contributed by atoms with Crippen LogP contribution in [0.4, 0.5) is 10.8 Å². The first kappa shape index (κ1) is 10.8. The van der Waals surface area contributed by atoms with Gasteiger partial charge in [-0.15, -0.1) is 10.2 Å². The number of nitrogens with zero attached hydrogens (tertiary/aromatic N) is 2. The van der Waals surface area contributed by atoms with Gasteiger partial charge < -0.3 is 15.2 Å². The first-order valence-electron chi connectivity index (χ1n) is 5.00. The number of rotatable bonds is 2. The van der Waals surface area contributed by atoms with E-state index in [1.54, 1.807) is 12.1 Å². The van der Waals surface area contributed by atoms with Gasteiger partial charge in [0.25, 0.3) is 5.91 Å². The monoisotopic (exact) mass is 264 g/mol. The van der Waals surface area contributed by atoms with E-state index >= 15 is 0 Å². The Labute approximate surface area is 106 Å². The Morgan fingerprint density at radius 1 is 1.39 bits per heavy atom. The van der Waals surface area contributed by atoms with Gasteiger partial charge in [0.15, 0.2) is 11.5 Å². The predicted molar refractivity (Wildman–Crippen MR) is 64.8 cm³/mol. The third kappa shape index (κ3) is 1.82. The Hall–Kier alpha value is -2.35. The molecule has 1 amide bonds. The number of aromatic nitrogens is 2. The molecule has 0 aliphatic carbocycles. The Balaban J connectivity index is 1.90. The second kappa shape index (κ2) is 4.15. The average Bonchev–Trinajstić information content (AvgIpc) is 2.98. The molecule has 2 heterocycles. The Bertz CT molecular complexity index is 599. The van der Waals surface area contributed by atoms with Crippen LogP contribution in [0.5, 0.6) is 11.5 Å². The zero-order valence-electron chi connectivity index (χ0n) is 9.04. The second-order valence-corrected chi connectivity index (χ2v) is 4.32. The van der Waals surface area contributed by atoms with E-state index in [0.717, 1.165) is 0 Å². The van der Waals surface area contributed by atoms with Crippen molar-refractivity contribution in [3.05, 3.63) is 23.2 Å². The van der Waals surface area contributed by atoms with Gasteiger partial charge in [0.2, 0.25) is 11.9 Å². The number of amides is 1. The summed E-state index contributed by atoms with van der Waals surface area (Å²) in [6, 6.07) is 3.12. The van der Waals surface area contributed by atoms with Gasteiger partial charge in [-0.2, -0.15) is 0 Å². The lowest BCUT2D eigenvalue weighted by Gasteiger charge is -2.06. The van der Waals surface area contributed by atoms with Crippen molar-refractivity contribution >= 4 is 28.1 Å². The molecule has 1 aliphatic heterocycles. The maximum atomic E-state index is 12.0. The van der Waals surface area contributed by atoms with E-state index in [1.165, 1.54) is 16.8 Å². The molecule has 0 atom stereocenters. The molecule has 3 rings (SSSR count). The van der Waals surface area contributed by atoms with Crippen LogP contribution in [0.2, 0.25) is 0 Å². The number of hydrogen-bond donors (Lipinski definition) is 2. The molecule has 0 unspecified atom stereocenters. The topological polar surface area (TPSA) is 99.4 Å². The lowest BCUT2D eigenvalue weighted by atomic mass is 10.1. The minimum atomic E-state index is -0.359. The number of carbonyl (C=O) groups is 1. The van der Waals surface area contributed by atoms with Crippen LogP contribution in [0.15, 0.2) is 17.6 Å². The van der Waals surface area contributed by atoms with E-state index in [0.29, 0.717) is 27.9 Å². The summed E-state index contributed by atoms with van der Waals surface area (Å²) in [6.45, 7) is 0.135. The van der Waals surface area contributed by atoms with Crippen LogP contribution < -0.4 is 20.5 Å². The Morgan fingerprint density at radius 3 is 2.89 bits per heavy atom. The molecule has 1 aromatic heterocycles. The average molecular weight is 264 g/mol. The van der Waals surface area contributed by atoms with Crippen molar-refractivity contribution in [2.45, 2.75) is 0 Å². The molecule has 2 aromatic rings. The molecule has 92 valence electrons. The molecule has 0 spiro atoms. The molecule has 0 bridgehead atoms. The van der Waals surface area contributed by atoms with E-state index in [4.69, 9.17) is 15.2 Å². The number of nitrogen functional groups attached to an aromatic ring is 1. The molecule has 3 N–H and O–H groups in total. The number of fused-ring (bicyclic) bond motifs is 1. The van der Waals surface area contributed by atoms with Crippen molar-refractivity contribution in [1.82, 2.24) is 10.2 Å². The highest BCUT2D eigenvalue weighted by Crippen LogP contribution is 2.36. The summed E-state index contributed by atoms with van der Waals surface area (Å²) in [7, 11) is 0. The zero-order chi connectivity index (χ0) is 12.5. The Kier molecular flexibility index (Phi) is 2.49. The fourth-order valence-electron chi connectivity index (χ4n) is 1.55. The van der Waals surface area contributed by atoms with Gasteiger partial charge in [-0.05, 0) is 6.07 Å². The maximum Gasteiger partial charge on any atom is 0.259 e. The summed E-state index contributed by atoms with van der Waals surface area (Å²) < 4.78 is 10.4. The molecule has 18 heavy (non-hydrogen) atoms. The van der Waals surface area contributed by atoms with Gasteiger partial charge >= 0.3 is 0 Å². The quantitative estimate of drug-likeness (QED) is 0.788. The number of hydrogen-bond acceptors (Lipinski definition) is 7. The summed E-state index contributed by atoms with van der Waals surface area (Å²) in [5.41, 5.74) is 7.96. The highest BCUT2D eigenvalue weighted by Gasteiger charge is 2.20. The van der Waals surface area contributed by atoms with Crippen LogP contribution in [0, 0.1) is 0 Å². The van der Waals surface area contributed by atoms with E-state index < -0.39 is 0 Å². The molecule has 0 radical (unpaired) electrons. The standard InChI is InChI=1S/C10H8N4O3S/c11-6-2-8-7(16-4-17-8)1-5(6)9(15)13-10-14-12-3-18-10/h1-3H,4,11H2,(H,13,14,15). The number of carbonyl (C=O) groups excluding carboxylic acids is 1. The van der Waals surface area contributed by atoms with Crippen LogP contribution in [0.3, 0.4) is 0 Å². The SMILES string of the molecule is Nc1cc2c(cc1C(=O)Nc1nncs1)OCO2. The second-order valence-electron chi connectivity index (χ2n) is 3.49. The predicted octanol–water partition coefficient (Wildman–Crippen LogP) is 1.10. The normalized spacial score (nSPS) is 12.4. The molecular formula is C10H8N4O3S. The number of anilines is 2. The van der Waals surface area contributed by atoms with Crippen molar-refractivity contribution in [2.75, 3.05) is 17.8 Å². The summed E-state index contributed by atoms with van der Waals surface area (Å²) in [5, 5.41) is 10.4. The van der Waals surface area contributed by atoms with Gasteiger partial charge in [-0.25, -0.2) is 0 Å². The van der Waals surface area contributed by atoms with E-state index in [-0.39, 0.29) is 12.7 Å². The molecule has 8 heteroatoms. The summed E-state index contributed by atoms with van der Waals surface area (Å²) in [5.74, 6) is 0.689. The van der Waals surface area contributed by atoms with Crippen LogP contribution >= 0.6 is 11.3 Å². The molecule has 0 saturated heterocycles. The van der Waals surface area contributed by atoms with Crippen LogP contribution in [-0.4, -0.2) is 22.9 Å². The van der Waals surface area contributed by atoms with Gasteiger partial charge in [-0.1, -0.05) is 11.3 Å². The zero-order valence-corrected chi connectivity index (χ0v) is 9.86. The van der Waals surface area contributed by atoms with Crippen molar-refractivity contribution in [3.63, 3.8) is 0 Å². The molecule has 1 aromatic carbocycles. The maximum absolute atomic E-state index is 12.0. The fraction of sp³-hybridized carbons (Fsp3) is 0.100. The highest BCUT2D eigenvalue weighted by atomic mass is 32.1. The minimum Gasteiger partial charge on any atom is -0.454 e. The van der Waals surface area contributed by atoms with Gasteiger partial charge in [0, 0.05) is 11.8 Å². The number of ether oxygens (including phenoxy) is 2. The third-order valence-corrected chi connectivity index (χ3v) is 2.98. The lowest BCUT2D eigenvalue weighted by molar-refractivity contribution is 0.102. The van der Waals surface area contributed by atoms with E-state index in [9.17, 15) is 4.79 Å². The molecule has 0 fully saturated rings. The minimum absolute atomic E-state index is 0.135. The van der Waals surface area contributed by atoms with Gasteiger partial charge in [0.1, 0.15) is 5.51 Å². The number of nitrogens with one attached hydrogen (secondary N) is 1. The first-order chi connectivity index (χ1) is 8.74. The first-order valence-corrected chi connectivity index (χ1v) is 5.88. The molecule has 0 saturated carbocycles. The van der Waals surface area contributed by atoms with E-state index in [2.05, 4.69) is 15.5 Å². The van der Waals surface area contributed by atoms with Crippen LogP contribution in [0.25, 0.3) is 0 Å². The third-order valence-electron chi connectivity index (χ3n) is 2.37. The fourth-order valence-corrected chi connectivity index (χ4v) is 1.99. The Morgan fingerprint density at radius 2 is 2.17 bits per heavy atom. The smallest absolute Gasteiger partial charge is 0.259 e. The van der Waals surface area contributed by atoms with Gasteiger partial charge in [0.05, 0.1) is 5.56 Å². The number of nitrogens with two attached hydrogens (primary N) is 1. The van der Waals surface area contributed by atoms with Crippen molar-refractivity contribution in [1.29, 1.82) is 0 Å². The van der Waals surface area contributed by atoms with Crippen molar-refractivity contribution in [3.8, 4) is 11.5 Å². The summed E-state index contributed by atoms with van der Waals surface area (Å²) in [4.78, 5) is 12.0. The van der Waals surface area contributed by atoms with Crippen LogP contribution in [-0.2, 0) is 0 Å². The van der Waals surface area contributed by atoms with Gasteiger partial charge in [-0.3, -0.25) is 10.1 Å². The van der Waals surface area contributed by atoms with Crippen molar-refractivity contribution in [2.24, 2.45) is 0 Å². The highest BCUT2D eigenvalue weighted by molar-refractivity contribution is 7.13. The van der Waals surface area contributed by atoms with Crippen molar-refractivity contribution < 1.29 is 14.3 Å². The summed E-state index contributed by atoms with van der Waals surface area (Å²) >= 11 is 1.23. The summed E-state index contributed by atoms with van der Waals surface area (Å²) in [6.07, 6.45) is 0. The largest absolute Gasteiger partial charge is 0.454 e. The van der Waals surface area contributed by atoms with E-state index in [1.807, 2.05) is 0 Å². The number of benzene rings is 1. The molecule has 1 aliphatic rings. The molecular weight excluding hydrogens is 256 g/mol.